The minimum absolute atomic E-state index is 0.0714. The molecule has 0 amide bonds. The van der Waals surface area contributed by atoms with E-state index in [2.05, 4.69) is 24.3 Å². The van der Waals surface area contributed by atoms with Gasteiger partial charge in [-0.1, -0.05) is 43.5 Å². The number of ether oxygens (including phenoxy) is 1. The SMILES string of the molecule is COCCc1ccc(C2(N)CCCCC2)cc1. The predicted molar refractivity (Wildman–Crippen MR) is 71.0 cm³/mol. The van der Waals surface area contributed by atoms with Crippen LogP contribution in [0.15, 0.2) is 24.3 Å². The van der Waals surface area contributed by atoms with Gasteiger partial charge in [0.15, 0.2) is 0 Å². The van der Waals surface area contributed by atoms with E-state index in [0.29, 0.717) is 0 Å². The molecule has 0 unspecified atom stereocenters. The number of methoxy groups -OCH3 is 1. The first-order valence-corrected chi connectivity index (χ1v) is 6.62. The Kier molecular flexibility index (Phi) is 4.19. The van der Waals surface area contributed by atoms with Gasteiger partial charge in [0.25, 0.3) is 0 Å². The summed E-state index contributed by atoms with van der Waals surface area (Å²) in [5.41, 5.74) is 9.07. The molecule has 1 aliphatic rings. The second-order valence-corrected chi connectivity index (χ2v) is 5.16. The molecule has 0 aliphatic heterocycles. The van der Waals surface area contributed by atoms with Crippen LogP contribution in [0.4, 0.5) is 0 Å². The van der Waals surface area contributed by atoms with Crippen LogP contribution in [0.1, 0.15) is 43.2 Å². The van der Waals surface area contributed by atoms with E-state index in [4.69, 9.17) is 10.5 Å². The van der Waals surface area contributed by atoms with Crippen molar-refractivity contribution in [3.8, 4) is 0 Å². The maximum atomic E-state index is 6.51. The molecule has 1 aliphatic carbocycles. The Morgan fingerprint density at radius 1 is 1.12 bits per heavy atom. The van der Waals surface area contributed by atoms with Crippen molar-refractivity contribution in [3.05, 3.63) is 35.4 Å². The van der Waals surface area contributed by atoms with E-state index < -0.39 is 0 Å². The minimum Gasteiger partial charge on any atom is -0.384 e. The number of hydrogen-bond acceptors (Lipinski definition) is 2. The van der Waals surface area contributed by atoms with Crippen molar-refractivity contribution in [2.24, 2.45) is 5.73 Å². The van der Waals surface area contributed by atoms with E-state index in [1.165, 1.54) is 30.4 Å². The van der Waals surface area contributed by atoms with Crippen LogP contribution in [0.5, 0.6) is 0 Å². The Morgan fingerprint density at radius 3 is 2.35 bits per heavy atom. The summed E-state index contributed by atoms with van der Waals surface area (Å²) >= 11 is 0. The fourth-order valence-corrected chi connectivity index (χ4v) is 2.69. The van der Waals surface area contributed by atoms with Gasteiger partial charge in [0.1, 0.15) is 0 Å². The average molecular weight is 233 g/mol. The van der Waals surface area contributed by atoms with Gasteiger partial charge in [-0.05, 0) is 30.4 Å². The summed E-state index contributed by atoms with van der Waals surface area (Å²) in [6.45, 7) is 0.785. The molecule has 1 aromatic rings. The average Bonchev–Trinajstić information content (AvgIpc) is 2.38. The van der Waals surface area contributed by atoms with Crippen LogP contribution in [-0.2, 0) is 16.7 Å². The zero-order valence-corrected chi connectivity index (χ0v) is 10.7. The fourth-order valence-electron chi connectivity index (χ4n) is 2.69. The van der Waals surface area contributed by atoms with Crippen LogP contribution in [0.3, 0.4) is 0 Å². The third-order valence-corrected chi connectivity index (χ3v) is 3.87. The van der Waals surface area contributed by atoms with Crippen molar-refractivity contribution in [1.29, 1.82) is 0 Å². The number of hydrogen-bond donors (Lipinski definition) is 1. The topological polar surface area (TPSA) is 35.2 Å². The van der Waals surface area contributed by atoms with Crippen LogP contribution in [0.2, 0.25) is 0 Å². The molecule has 0 saturated heterocycles. The van der Waals surface area contributed by atoms with E-state index >= 15 is 0 Å². The predicted octanol–water partition coefficient (Wildman–Crippen LogP) is 2.99. The first kappa shape index (κ1) is 12.6. The third-order valence-electron chi connectivity index (χ3n) is 3.87. The first-order valence-electron chi connectivity index (χ1n) is 6.62. The molecular formula is C15H23NO. The van der Waals surface area contributed by atoms with Crippen molar-refractivity contribution in [2.45, 2.75) is 44.1 Å². The van der Waals surface area contributed by atoms with Gasteiger partial charge >= 0.3 is 0 Å². The van der Waals surface area contributed by atoms with Gasteiger partial charge in [-0.15, -0.1) is 0 Å². The van der Waals surface area contributed by atoms with Crippen molar-refractivity contribution in [3.63, 3.8) is 0 Å². The Balaban J connectivity index is 2.06. The zero-order chi connectivity index (χ0) is 12.1. The molecule has 2 heteroatoms. The van der Waals surface area contributed by atoms with E-state index in [1.54, 1.807) is 7.11 Å². The molecule has 0 aromatic heterocycles. The Labute approximate surface area is 104 Å². The lowest BCUT2D eigenvalue weighted by Crippen LogP contribution is -2.38. The molecular weight excluding hydrogens is 210 g/mol. The second kappa shape index (κ2) is 5.65. The highest BCUT2D eigenvalue weighted by molar-refractivity contribution is 5.28. The molecule has 0 heterocycles. The summed E-state index contributed by atoms with van der Waals surface area (Å²) in [6, 6.07) is 8.79. The molecule has 0 atom stereocenters. The highest BCUT2D eigenvalue weighted by Gasteiger charge is 2.28. The van der Waals surface area contributed by atoms with Gasteiger partial charge in [-0.2, -0.15) is 0 Å². The minimum atomic E-state index is -0.0714. The van der Waals surface area contributed by atoms with Crippen LogP contribution >= 0.6 is 0 Å². The van der Waals surface area contributed by atoms with Crippen LogP contribution < -0.4 is 5.73 Å². The van der Waals surface area contributed by atoms with Crippen LogP contribution in [-0.4, -0.2) is 13.7 Å². The smallest absolute Gasteiger partial charge is 0.0502 e. The van der Waals surface area contributed by atoms with E-state index in [9.17, 15) is 0 Å². The fraction of sp³-hybridized carbons (Fsp3) is 0.600. The summed E-state index contributed by atoms with van der Waals surface area (Å²) in [5.74, 6) is 0. The molecule has 1 aromatic carbocycles. The van der Waals surface area contributed by atoms with Crippen LogP contribution in [0.25, 0.3) is 0 Å². The van der Waals surface area contributed by atoms with Crippen molar-refractivity contribution >= 4 is 0 Å². The Hall–Kier alpha value is -0.860. The molecule has 17 heavy (non-hydrogen) atoms. The van der Waals surface area contributed by atoms with Gasteiger partial charge in [0.05, 0.1) is 6.61 Å². The summed E-state index contributed by atoms with van der Waals surface area (Å²) in [4.78, 5) is 0. The lowest BCUT2D eigenvalue weighted by molar-refractivity contribution is 0.202. The molecule has 2 N–H and O–H groups in total. The molecule has 94 valence electrons. The molecule has 1 saturated carbocycles. The molecule has 1 fully saturated rings. The molecule has 0 spiro atoms. The summed E-state index contributed by atoms with van der Waals surface area (Å²) in [7, 11) is 1.74. The highest BCUT2D eigenvalue weighted by Crippen LogP contribution is 2.34. The van der Waals surface area contributed by atoms with E-state index in [-0.39, 0.29) is 5.54 Å². The summed E-state index contributed by atoms with van der Waals surface area (Å²) in [5, 5.41) is 0. The normalized spacial score (nSPS) is 19.2. The zero-order valence-electron chi connectivity index (χ0n) is 10.7. The molecule has 0 radical (unpaired) electrons. The lowest BCUT2D eigenvalue weighted by atomic mass is 9.77. The number of rotatable bonds is 4. The largest absolute Gasteiger partial charge is 0.384 e. The standard InChI is InChI=1S/C15H23NO/c1-17-12-9-13-5-7-14(8-6-13)15(16)10-3-2-4-11-15/h5-8H,2-4,9-12,16H2,1H3. The molecule has 0 bridgehead atoms. The third kappa shape index (κ3) is 3.08. The Bertz CT molecular complexity index is 338. The monoisotopic (exact) mass is 233 g/mol. The van der Waals surface area contributed by atoms with E-state index in [1.807, 2.05) is 0 Å². The van der Waals surface area contributed by atoms with Crippen molar-refractivity contribution in [1.82, 2.24) is 0 Å². The van der Waals surface area contributed by atoms with Gasteiger partial charge in [0, 0.05) is 12.6 Å². The quantitative estimate of drug-likeness (QED) is 0.867. The summed E-state index contributed by atoms with van der Waals surface area (Å²) in [6.07, 6.45) is 7.11. The maximum absolute atomic E-state index is 6.51. The molecule has 2 rings (SSSR count). The molecule has 2 nitrogen and oxygen atoms in total. The summed E-state index contributed by atoms with van der Waals surface area (Å²) < 4.78 is 5.09. The van der Waals surface area contributed by atoms with Gasteiger partial charge < -0.3 is 10.5 Å². The van der Waals surface area contributed by atoms with Crippen molar-refractivity contribution < 1.29 is 4.74 Å². The Morgan fingerprint density at radius 2 is 1.76 bits per heavy atom. The maximum Gasteiger partial charge on any atom is 0.0502 e. The lowest BCUT2D eigenvalue weighted by Gasteiger charge is -2.34. The first-order chi connectivity index (χ1) is 8.24. The highest BCUT2D eigenvalue weighted by atomic mass is 16.5. The number of nitrogens with two attached hydrogens (primary N) is 1. The van der Waals surface area contributed by atoms with Crippen molar-refractivity contribution in [2.75, 3.05) is 13.7 Å². The van der Waals surface area contributed by atoms with Gasteiger partial charge in [-0.25, -0.2) is 0 Å². The van der Waals surface area contributed by atoms with Gasteiger partial charge in [0.2, 0.25) is 0 Å². The second-order valence-electron chi connectivity index (χ2n) is 5.16. The van der Waals surface area contributed by atoms with E-state index in [0.717, 1.165) is 25.9 Å². The number of benzene rings is 1. The van der Waals surface area contributed by atoms with Crippen LogP contribution in [0, 0.1) is 0 Å². The van der Waals surface area contributed by atoms with Gasteiger partial charge in [-0.3, -0.25) is 0 Å².